The maximum Gasteiger partial charge on any atom is 0.136 e. The Balaban J connectivity index is 1.44. The van der Waals surface area contributed by atoms with Crippen molar-refractivity contribution in [2.24, 2.45) is 0 Å². The van der Waals surface area contributed by atoms with Crippen LogP contribution >= 0.6 is 0 Å². The molecule has 0 radical (unpaired) electrons. The van der Waals surface area contributed by atoms with E-state index in [-0.39, 0.29) is 0 Å². The predicted molar refractivity (Wildman–Crippen MR) is 143 cm³/mol. The van der Waals surface area contributed by atoms with Gasteiger partial charge < -0.3 is 9.32 Å². The van der Waals surface area contributed by atoms with Crippen molar-refractivity contribution in [2.75, 3.05) is 4.90 Å². The van der Waals surface area contributed by atoms with Crippen molar-refractivity contribution in [1.29, 1.82) is 0 Å². The number of benzene rings is 6. The fourth-order valence-corrected chi connectivity index (χ4v) is 5.01. The van der Waals surface area contributed by atoms with Gasteiger partial charge in [-0.1, -0.05) is 72.8 Å². The van der Waals surface area contributed by atoms with E-state index in [9.17, 15) is 0 Å². The first-order chi connectivity index (χ1) is 16.8. The van der Waals surface area contributed by atoms with Crippen LogP contribution in [0.15, 0.2) is 132 Å². The first kappa shape index (κ1) is 19.0. The third-order valence-corrected chi connectivity index (χ3v) is 6.60. The molecule has 2 nitrogen and oxygen atoms in total. The summed E-state index contributed by atoms with van der Waals surface area (Å²) in [7, 11) is 0. The summed E-state index contributed by atoms with van der Waals surface area (Å²) in [5.41, 5.74) is 5.27. The third kappa shape index (κ3) is 2.96. The molecule has 0 bridgehead atoms. The number of fused-ring (bicyclic) bond motifs is 6. The minimum absolute atomic E-state index is 0.931. The third-order valence-electron chi connectivity index (χ3n) is 6.60. The van der Waals surface area contributed by atoms with Crippen LogP contribution in [0.1, 0.15) is 0 Å². The van der Waals surface area contributed by atoms with Crippen LogP contribution in [0.25, 0.3) is 43.5 Å². The molecule has 0 aliphatic rings. The number of nitrogens with zero attached hydrogens (tertiary/aromatic N) is 1. The Bertz CT molecular complexity index is 1760. The normalized spacial score (nSPS) is 11.5. The highest BCUT2D eigenvalue weighted by atomic mass is 16.3. The lowest BCUT2D eigenvalue weighted by atomic mass is 9.99. The molecule has 7 aromatic rings. The summed E-state index contributed by atoms with van der Waals surface area (Å²) in [5.74, 6) is 0. The van der Waals surface area contributed by atoms with Gasteiger partial charge in [0.1, 0.15) is 11.2 Å². The highest BCUT2D eigenvalue weighted by Crippen LogP contribution is 2.39. The minimum Gasteiger partial charge on any atom is -0.456 e. The Kier molecular flexibility index (Phi) is 4.18. The Hall–Kier alpha value is -4.56. The van der Waals surface area contributed by atoms with E-state index in [0.717, 1.165) is 33.6 Å². The van der Waals surface area contributed by atoms with Gasteiger partial charge in [0, 0.05) is 27.8 Å². The number of rotatable bonds is 3. The van der Waals surface area contributed by atoms with Gasteiger partial charge in [0.05, 0.1) is 0 Å². The summed E-state index contributed by atoms with van der Waals surface area (Å²) in [5, 5.41) is 7.19. The van der Waals surface area contributed by atoms with Crippen LogP contribution in [0, 0.1) is 0 Å². The molecule has 0 saturated heterocycles. The van der Waals surface area contributed by atoms with Gasteiger partial charge in [-0.25, -0.2) is 0 Å². The lowest BCUT2D eigenvalue weighted by Crippen LogP contribution is -2.09. The number of para-hydroxylation sites is 3. The Morgan fingerprint density at radius 1 is 0.382 bits per heavy atom. The van der Waals surface area contributed by atoms with E-state index >= 15 is 0 Å². The highest BCUT2D eigenvalue weighted by molar-refractivity contribution is 6.16. The zero-order chi connectivity index (χ0) is 22.5. The zero-order valence-electron chi connectivity index (χ0n) is 18.5. The summed E-state index contributed by atoms with van der Waals surface area (Å²) in [6.07, 6.45) is 0. The second-order valence-corrected chi connectivity index (χ2v) is 8.65. The van der Waals surface area contributed by atoms with Gasteiger partial charge >= 0.3 is 0 Å². The minimum atomic E-state index is 0.931. The van der Waals surface area contributed by atoms with E-state index < -0.39 is 0 Å². The van der Waals surface area contributed by atoms with Crippen LogP contribution in [0.3, 0.4) is 0 Å². The van der Waals surface area contributed by atoms with E-state index in [2.05, 4.69) is 120 Å². The number of anilines is 3. The molecular weight excluding hydrogens is 414 g/mol. The van der Waals surface area contributed by atoms with Crippen molar-refractivity contribution in [3.8, 4) is 0 Å². The Morgan fingerprint density at radius 2 is 1.03 bits per heavy atom. The number of furan rings is 1. The van der Waals surface area contributed by atoms with Crippen molar-refractivity contribution in [1.82, 2.24) is 0 Å². The Labute approximate surface area is 197 Å². The fraction of sp³-hybridized carbons (Fsp3) is 0. The molecule has 7 rings (SSSR count). The summed E-state index contributed by atoms with van der Waals surface area (Å²) < 4.78 is 6.18. The largest absolute Gasteiger partial charge is 0.456 e. The maximum absolute atomic E-state index is 6.18. The van der Waals surface area contributed by atoms with E-state index in [1.165, 1.54) is 26.9 Å². The van der Waals surface area contributed by atoms with Crippen molar-refractivity contribution in [3.05, 3.63) is 127 Å². The molecule has 0 aliphatic heterocycles. The lowest BCUT2D eigenvalue weighted by Gasteiger charge is -2.25. The van der Waals surface area contributed by atoms with Crippen LogP contribution in [0.4, 0.5) is 17.1 Å². The molecule has 0 atom stereocenters. The van der Waals surface area contributed by atoms with Crippen LogP contribution < -0.4 is 4.90 Å². The first-order valence-electron chi connectivity index (χ1n) is 11.5. The van der Waals surface area contributed by atoms with Crippen molar-refractivity contribution in [3.63, 3.8) is 0 Å². The van der Waals surface area contributed by atoms with Gasteiger partial charge in [-0.3, -0.25) is 0 Å². The summed E-state index contributed by atoms with van der Waals surface area (Å²) in [4.78, 5) is 2.30. The van der Waals surface area contributed by atoms with E-state index in [1.807, 2.05) is 12.1 Å². The summed E-state index contributed by atoms with van der Waals surface area (Å²) in [6.45, 7) is 0. The van der Waals surface area contributed by atoms with Gasteiger partial charge in [-0.05, 0) is 76.1 Å². The van der Waals surface area contributed by atoms with Crippen LogP contribution in [-0.4, -0.2) is 0 Å². The maximum atomic E-state index is 6.18. The van der Waals surface area contributed by atoms with Crippen molar-refractivity contribution < 1.29 is 4.42 Å². The van der Waals surface area contributed by atoms with E-state index in [4.69, 9.17) is 4.42 Å². The molecule has 1 heterocycles. The molecule has 0 N–H and O–H groups in total. The molecule has 0 fully saturated rings. The molecule has 0 amide bonds. The average molecular weight is 436 g/mol. The Morgan fingerprint density at radius 3 is 1.76 bits per heavy atom. The molecule has 1 aromatic heterocycles. The van der Waals surface area contributed by atoms with Gasteiger partial charge in [0.25, 0.3) is 0 Å². The molecule has 6 aromatic carbocycles. The van der Waals surface area contributed by atoms with Gasteiger partial charge in [-0.2, -0.15) is 0 Å². The molecular formula is C32H21NO. The molecule has 0 aliphatic carbocycles. The SMILES string of the molecule is c1ccc(N(c2ccccc2)c2ccc3c(ccc4cc5c(cc43)oc3ccccc35)c2)cc1. The lowest BCUT2D eigenvalue weighted by molar-refractivity contribution is 0.669. The van der Waals surface area contributed by atoms with Crippen molar-refractivity contribution in [2.45, 2.75) is 0 Å². The van der Waals surface area contributed by atoms with Gasteiger partial charge in [0.2, 0.25) is 0 Å². The standard InChI is InChI=1S/C32H21NO/c1-3-9-24(10-4-1)33(25-11-5-2-6-12-25)26-17-18-27-22(19-26)15-16-23-20-30-28-13-7-8-14-31(28)34-32(30)21-29(23)27/h1-21H. The first-order valence-corrected chi connectivity index (χ1v) is 11.5. The second-order valence-electron chi connectivity index (χ2n) is 8.65. The topological polar surface area (TPSA) is 16.4 Å². The van der Waals surface area contributed by atoms with Gasteiger partial charge in [-0.15, -0.1) is 0 Å². The molecule has 160 valence electrons. The van der Waals surface area contributed by atoms with Crippen LogP contribution in [-0.2, 0) is 0 Å². The predicted octanol–water partition coefficient (Wildman–Crippen LogP) is 9.36. The highest BCUT2D eigenvalue weighted by Gasteiger charge is 2.14. The molecule has 0 saturated carbocycles. The average Bonchev–Trinajstić information content (AvgIpc) is 3.26. The van der Waals surface area contributed by atoms with Crippen LogP contribution in [0.5, 0.6) is 0 Å². The number of hydrogen-bond donors (Lipinski definition) is 0. The second kappa shape index (κ2) is 7.50. The monoisotopic (exact) mass is 435 g/mol. The fourth-order valence-electron chi connectivity index (χ4n) is 5.01. The smallest absolute Gasteiger partial charge is 0.136 e. The van der Waals surface area contributed by atoms with Crippen molar-refractivity contribution >= 4 is 60.5 Å². The van der Waals surface area contributed by atoms with Crippen LogP contribution in [0.2, 0.25) is 0 Å². The van der Waals surface area contributed by atoms with E-state index in [0.29, 0.717) is 0 Å². The molecule has 2 heteroatoms. The molecule has 34 heavy (non-hydrogen) atoms. The summed E-state index contributed by atoms with van der Waals surface area (Å²) in [6, 6.07) is 44.9. The van der Waals surface area contributed by atoms with Gasteiger partial charge in [0.15, 0.2) is 0 Å². The molecule has 0 spiro atoms. The quantitative estimate of drug-likeness (QED) is 0.257. The summed E-state index contributed by atoms with van der Waals surface area (Å²) >= 11 is 0. The van der Waals surface area contributed by atoms with E-state index in [1.54, 1.807) is 0 Å². The molecule has 0 unspecified atom stereocenters. The zero-order valence-corrected chi connectivity index (χ0v) is 18.5. The number of hydrogen-bond acceptors (Lipinski definition) is 2.